The third-order valence-corrected chi connectivity index (χ3v) is 5.72. The molecule has 1 aliphatic heterocycles. The Bertz CT molecular complexity index is 782. The van der Waals surface area contributed by atoms with E-state index in [1.807, 2.05) is 4.90 Å². The number of ether oxygens (including phenoxy) is 1. The smallest absolute Gasteiger partial charge is 0.254 e. The number of benzene rings is 2. The van der Waals surface area contributed by atoms with Crippen LogP contribution in [0.1, 0.15) is 33.9 Å². The van der Waals surface area contributed by atoms with Crippen LogP contribution in [0.2, 0.25) is 5.02 Å². The van der Waals surface area contributed by atoms with Crippen molar-refractivity contribution in [2.75, 3.05) is 32.1 Å². The van der Waals surface area contributed by atoms with Crippen LogP contribution in [0.25, 0.3) is 0 Å². The second-order valence-electron chi connectivity index (χ2n) is 6.60. The first-order valence-corrected chi connectivity index (χ1v) is 10.6. The Balaban J connectivity index is 1.80. The van der Waals surface area contributed by atoms with Crippen molar-refractivity contribution in [2.45, 2.75) is 18.9 Å². The molecule has 0 spiro atoms. The van der Waals surface area contributed by atoms with Gasteiger partial charge in [0.05, 0.1) is 18.2 Å². The number of alkyl halides is 1. The predicted molar refractivity (Wildman–Crippen MR) is 113 cm³/mol. The van der Waals surface area contributed by atoms with E-state index in [1.54, 1.807) is 25.3 Å². The van der Waals surface area contributed by atoms with Crippen LogP contribution >= 0.6 is 27.5 Å². The molecule has 6 heteroatoms. The van der Waals surface area contributed by atoms with E-state index in [9.17, 15) is 4.79 Å². The molecule has 27 heavy (non-hydrogen) atoms. The molecule has 1 heterocycles. The minimum atomic E-state index is -0.00517. The summed E-state index contributed by atoms with van der Waals surface area (Å²) in [6.07, 6.45) is 2.18. The lowest BCUT2D eigenvalue weighted by molar-refractivity contribution is 0.0634. The van der Waals surface area contributed by atoms with Gasteiger partial charge in [-0.25, -0.2) is 0 Å². The van der Waals surface area contributed by atoms with Crippen molar-refractivity contribution in [3.8, 4) is 5.75 Å². The van der Waals surface area contributed by atoms with Gasteiger partial charge in [-0.1, -0.05) is 51.8 Å². The Morgan fingerprint density at radius 1 is 1.30 bits per heavy atom. The quantitative estimate of drug-likeness (QED) is 0.659. The number of hydrogen-bond donors (Lipinski definition) is 1. The molecule has 1 N–H and O–H groups in total. The molecule has 0 aliphatic carbocycles. The zero-order valence-corrected chi connectivity index (χ0v) is 17.7. The average Bonchev–Trinajstić information content (AvgIpc) is 2.72. The summed E-state index contributed by atoms with van der Waals surface area (Å²) in [6, 6.07) is 13.8. The van der Waals surface area contributed by atoms with Crippen molar-refractivity contribution in [1.82, 2.24) is 10.2 Å². The van der Waals surface area contributed by atoms with Crippen LogP contribution in [-0.2, 0) is 6.42 Å². The lowest BCUT2D eigenvalue weighted by Gasteiger charge is -2.36. The van der Waals surface area contributed by atoms with Crippen molar-refractivity contribution >= 4 is 33.4 Å². The maximum absolute atomic E-state index is 13.1. The molecule has 1 fully saturated rings. The summed E-state index contributed by atoms with van der Waals surface area (Å²) in [5.41, 5.74) is 3.06. The van der Waals surface area contributed by atoms with Crippen LogP contribution in [0.5, 0.6) is 5.75 Å². The van der Waals surface area contributed by atoms with Crippen molar-refractivity contribution in [2.24, 2.45) is 0 Å². The molecule has 2 aromatic rings. The van der Waals surface area contributed by atoms with Gasteiger partial charge in [-0.05, 0) is 42.2 Å². The number of rotatable bonds is 6. The molecule has 0 saturated carbocycles. The number of nitrogens with one attached hydrogen (secondary N) is 1. The first-order chi connectivity index (χ1) is 13.1. The van der Waals surface area contributed by atoms with Gasteiger partial charge in [0, 0.05) is 30.5 Å². The number of hydrogen-bond acceptors (Lipinski definition) is 3. The highest BCUT2D eigenvalue weighted by atomic mass is 79.9. The molecule has 1 unspecified atom stereocenters. The van der Waals surface area contributed by atoms with Gasteiger partial charge in [-0.15, -0.1) is 0 Å². The highest BCUT2D eigenvalue weighted by Gasteiger charge is 2.28. The molecular formula is C21H24BrClN2O2. The second kappa shape index (κ2) is 9.58. The lowest BCUT2D eigenvalue weighted by Crippen LogP contribution is -2.48. The fraction of sp³-hybridized carbons (Fsp3) is 0.381. The standard InChI is InChI=1S/C21H24BrClN2O2/c1-27-20-9-8-17(13-18(20)23)21(26)25-12-11-24-14-19(25)16-6-4-15(5-7-16)3-2-10-22/h4-9,13,19,24H,2-3,10-12,14H2,1H3. The topological polar surface area (TPSA) is 41.6 Å². The van der Waals surface area contributed by atoms with Crippen LogP contribution in [0, 0.1) is 0 Å². The van der Waals surface area contributed by atoms with Gasteiger partial charge in [0.15, 0.2) is 0 Å². The Morgan fingerprint density at radius 3 is 2.74 bits per heavy atom. The van der Waals surface area contributed by atoms with Crippen LogP contribution in [0.15, 0.2) is 42.5 Å². The highest BCUT2D eigenvalue weighted by Crippen LogP contribution is 2.29. The Hall–Kier alpha value is -1.56. The Kier molecular flexibility index (Phi) is 7.16. The van der Waals surface area contributed by atoms with Gasteiger partial charge in [-0.3, -0.25) is 4.79 Å². The van der Waals surface area contributed by atoms with Crippen molar-refractivity contribution in [1.29, 1.82) is 0 Å². The van der Waals surface area contributed by atoms with Crippen LogP contribution in [0.4, 0.5) is 0 Å². The first kappa shape index (κ1) is 20.2. The van der Waals surface area contributed by atoms with E-state index >= 15 is 0 Å². The third kappa shape index (κ3) is 4.84. The fourth-order valence-corrected chi connectivity index (χ4v) is 3.93. The summed E-state index contributed by atoms with van der Waals surface area (Å²) in [5, 5.41) is 4.86. The maximum atomic E-state index is 13.1. The van der Waals surface area contributed by atoms with E-state index in [4.69, 9.17) is 16.3 Å². The molecule has 3 rings (SSSR count). The SMILES string of the molecule is COc1ccc(C(=O)N2CCNCC2c2ccc(CCCBr)cc2)cc1Cl. The number of carbonyl (C=O) groups is 1. The summed E-state index contributed by atoms with van der Waals surface area (Å²) in [4.78, 5) is 15.1. The fourth-order valence-electron chi connectivity index (χ4n) is 3.39. The normalized spacial score (nSPS) is 17.0. The zero-order chi connectivity index (χ0) is 19.2. The van der Waals surface area contributed by atoms with E-state index < -0.39 is 0 Å². The molecule has 144 valence electrons. The molecular weight excluding hydrogens is 428 g/mol. The summed E-state index contributed by atoms with van der Waals surface area (Å²) in [5.74, 6) is 0.568. The number of carbonyl (C=O) groups excluding carboxylic acids is 1. The van der Waals surface area contributed by atoms with Crippen molar-refractivity contribution in [3.63, 3.8) is 0 Å². The number of aryl methyl sites for hydroxylation is 1. The number of halogens is 2. The molecule has 1 saturated heterocycles. The summed E-state index contributed by atoms with van der Waals surface area (Å²) in [6.45, 7) is 2.20. The van der Waals surface area contributed by atoms with Crippen molar-refractivity contribution < 1.29 is 9.53 Å². The van der Waals surface area contributed by atoms with E-state index in [-0.39, 0.29) is 11.9 Å². The van der Waals surface area contributed by atoms with Gasteiger partial charge in [0.25, 0.3) is 5.91 Å². The highest BCUT2D eigenvalue weighted by molar-refractivity contribution is 9.09. The zero-order valence-electron chi connectivity index (χ0n) is 15.4. The number of piperazine rings is 1. The third-order valence-electron chi connectivity index (χ3n) is 4.87. The van der Waals surface area contributed by atoms with Gasteiger partial charge >= 0.3 is 0 Å². The Morgan fingerprint density at radius 2 is 2.07 bits per heavy atom. The minimum Gasteiger partial charge on any atom is -0.495 e. The summed E-state index contributed by atoms with van der Waals surface area (Å²) < 4.78 is 5.18. The first-order valence-electron chi connectivity index (χ1n) is 9.14. The molecule has 2 aromatic carbocycles. The molecule has 4 nitrogen and oxygen atoms in total. The molecule has 0 bridgehead atoms. The summed E-state index contributed by atoms with van der Waals surface area (Å²) >= 11 is 9.69. The van der Waals surface area contributed by atoms with Gasteiger partial charge in [0.1, 0.15) is 5.75 Å². The molecule has 1 amide bonds. The number of amides is 1. The average molecular weight is 452 g/mol. The minimum absolute atomic E-state index is 0.00517. The van der Waals surface area contributed by atoms with E-state index in [1.165, 1.54) is 5.56 Å². The molecule has 0 aromatic heterocycles. The summed E-state index contributed by atoms with van der Waals surface area (Å²) in [7, 11) is 1.57. The van der Waals surface area contributed by atoms with E-state index in [0.717, 1.165) is 36.8 Å². The second-order valence-corrected chi connectivity index (χ2v) is 7.80. The maximum Gasteiger partial charge on any atom is 0.254 e. The molecule has 0 radical (unpaired) electrons. The number of methoxy groups -OCH3 is 1. The molecule has 1 atom stereocenters. The lowest BCUT2D eigenvalue weighted by atomic mass is 9.99. The van der Waals surface area contributed by atoms with Gasteiger partial charge < -0.3 is 15.0 Å². The number of nitrogens with zero attached hydrogens (tertiary/aromatic N) is 1. The van der Waals surface area contributed by atoms with Gasteiger partial charge in [-0.2, -0.15) is 0 Å². The van der Waals surface area contributed by atoms with E-state index in [2.05, 4.69) is 45.5 Å². The van der Waals surface area contributed by atoms with Gasteiger partial charge in [0.2, 0.25) is 0 Å². The van der Waals surface area contributed by atoms with Crippen LogP contribution < -0.4 is 10.1 Å². The van der Waals surface area contributed by atoms with E-state index in [0.29, 0.717) is 22.9 Å². The monoisotopic (exact) mass is 450 g/mol. The van der Waals surface area contributed by atoms with Crippen LogP contribution in [0.3, 0.4) is 0 Å². The predicted octanol–water partition coefficient (Wildman–Crippen LogP) is 4.46. The van der Waals surface area contributed by atoms with Crippen LogP contribution in [-0.4, -0.2) is 42.9 Å². The van der Waals surface area contributed by atoms with Crippen molar-refractivity contribution in [3.05, 3.63) is 64.2 Å². The largest absolute Gasteiger partial charge is 0.495 e. The Labute approximate surface area is 174 Å². The molecule has 1 aliphatic rings.